The SMILES string of the molecule is CCN(CC)CCCC(C)NCCCCNC(C)CCCN(CC)CC. The Balaban J connectivity index is 3.45. The molecule has 4 nitrogen and oxygen atoms in total. The molecule has 0 bridgehead atoms. The van der Waals surface area contributed by atoms with Crippen LogP contribution in [0.4, 0.5) is 0 Å². The van der Waals surface area contributed by atoms with E-state index in [0.29, 0.717) is 12.1 Å². The van der Waals surface area contributed by atoms with Gasteiger partial charge in [-0.2, -0.15) is 0 Å². The Morgan fingerprint density at radius 2 is 0.923 bits per heavy atom. The van der Waals surface area contributed by atoms with Crippen LogP contribution in [-0.2, 0) is 0 Å². The molecule has 0 radical (unpaired) electrons. The first-order valence-corrected chi connectivity index (χ1v) is 11.5. The van der Waals surface area contributed by atoms with Gasteiger partial charge in [-0.15, -0.1) is 0 Å². The van der Waals surface area contributed by atoms with Crippen molar-refractivity contribution in [3.05, 3.63) is 0 Å². The van der Waals surface area contributed by atoms with E-state index in [2.05, 4.69) is 62.0 Å². The monoisotopic (exact) mass is 370 g/mol. The van der Waals surface area contributed by atoms with Crippen LogP contribution in [0.2, 0.25) is 0 Å². The van der Waals surface area contributed by atoms with E-state index < -0.39 is 0 Å². The fraction of sp³-hybridized carbons (Fsp3) is 1.00. The quantitative estimate of drug-likeness (QED) is 0.337. The topological polar surface area (TPSA) is 30.5 Å². The molecule has 0 saturated heterocycles. The summed E-state index contributed by atoms with van der Waals surface area (Å²) in [7, 11) is 0. The highest BCUT2D eigenvalue weighted by atomic mass is 15.1. The van der Waals surface area contributed by atoms with Gasteiger partial charge in [-0.05, 0) is 105 Å². The average molecular weight is 371 g/mol. The molecule has 0 aromatic rings. The Hall–Kier alpha value is -0.160. The van der Waals surface area contributed by atoms with Crippen LogP contribution in [0.25, 0.3) is 0 Å². The van der Waals surface area contributed by atoms with Crippen LogP contribution >= 0.6 is 0 Å². The fourth-order valence-corrected chi connectivity index (χ4v) is 3.47. The molecule has 0 aromatic heterocycles. The van der Waals surface area contributed by atoms with Crippen molar-refractivity contribution in [2.24, 2.45) is 0 Å². The maximum Gasteiger partial charge on any atom is 0.00391 e. The molecule has 26 heavy (non-hydrogen) atoms. The lowest BCUT2D eigenvalue weighted by atomic mass is 10.1. The molecule has 0 amide bonds. The van der Waals surface area contributed by atoms with Gasteiger partial charge in [0.1, 0.15) is 0 Å². The smallest absolute Gasteiger partial charge is 0.00391 e. The van der Waals surface area contributed by atoms with Crippen molar-refractivity contribution in [2.75, 3.05) is 52.4 Å². The predicted octanol–water partition coefficient (Wildman–Crippen LogP) is 3.97. The van der Waals surface area contributed by atoms with Gasteiger partial charge in [-0.3, -0.25) is 0 Å². The van der Waals surface area contributed by atoms with Crippen LogP contribution in [0.1, 0.15) is 80.1 Å². The highest BCUT2D eigenvalue weighted by Gasteiger charge is 2.05. The summed E-state index contributed by atoms with van der Waals surface area (Å²) in [6.07, 6.45) is 7.75. The number of nitrogens with zero attached hydrogens (tertiary/aromatic N) is 2. The lowest BCUT2D eigenvalue weighted by molar-refractivity contribution is 0.289. The Morgan fingerprint density at radius 3 is 1.23 bits per heavy atom. The van der Waals surface area contributed by atoms with E-state index in [0.717, 1.165) is 13.1 Å². The molecule has 0 rings (SSSR count). The van der Waals surface area contributed by atoms with E-state index in [9.17, 15) is 0 Å². The van der Waals surface area contributed by atoms with Gasteiger partial charge in [-0.1, -0.05) is 27.7 Å². The van der Waals surface area contributed by atoms with Crippen LogP contribution in [0, 0.1) is 0 Å². The second-order valence-corrected chi connectivity index (χ2v) is 7.76. The highest BCUT2D eigenvalue weighted by Crippen LogP contribution is 2.01. The average Bonchev–Trinajstić information content (AvgIpc) is 2.65. The Bertz CT molecular complexity index is 249. The second kappa shape index (κ2) is 18.2. The molecular weight excluding hydrogens is 320 g/mol. The summed E-state index contributed by atoms with van der Waals surface area (Å²) in [5.41, 5.74) is 0. The van der Waals surface area contributed by atoms with E-state index in [4.69, 9.17) is 0 Å². The van der Waals surface area contributed by atoms with Crippen molar-refractivity contribution in [3.8, 4) is 0 Å². The molecule has 0 aliphatic heterocycles. The zero-order chi connectivity index (χ0) is 19.6. The van der Waals surface area contributed by atoms with Crippen molar-refractivity contribution in [2.45, 2.75) is 92.2 Å². The highest BCUT2D eigenvalue weighted by molar-refractivity contribution is 4.65. The minimum atomic E-state index is 0.650. The maximum absolute atomic E-state index is 3.69. The first-order valence-electron chi connectivity index (χ1n) is 11.5. The molecule has 158 valence electrons. The first kappa shape index (κ1) is 25.8. The second-order valence-electron chi connectivity index (χ2n) is 7.76. The number of hydrogen-bond donors (Lipinski definition) is 2. The van der Waals surface area contributed by atoms with E-state index >= 15 is 0 Å². The summed E-state index contributed by atoms with van der Waals surface area (Å²) in [6.45, 7) is 23.2. The third kappa shape index (κ3) is 15.0. The Kier molecular flexibility index (Phi) is 18.1. The molecule has 4 heteroatoms. The number of unbranched alkanes of at least 4 members (excludes halogenated alkanes) is 1. The minimum absolute atomic E-state index is 0.650. The van der Waals surface area contributed by atoms with E-state index in [1.165, 1.54) is 77.8 Å². The van der Waals surface area contributed by atoms with E-state index in [1.54, 1.807) is 0 Å². The summed E-state index contributed by atoms with van der Waals surface area (Å²) in [5, 5.41) is 7.38. The molecule has 0 spiro atoms. The van der Waals surface area contributed by atoms with Crippen molar-refractivity contribution in [3.63, 3.8) is 0 Å². The molecule has 2 unspecified atom stereocenters. The van der Waals surface area contributed by atoms with Crippen LogP contribution in [0.5, 0.6) is 0 Å². The van der Waals surface area contributed by atoms with Gasteiger partial charge < -0.3 is 20.4 Å². The molecule has 0 aliphatic rings. The first-order chi connectivity index (χ1) is 12.6. The van der Waals surface area contributed by atoms with Gasteiger partial charge in [0.2, 0.25) is 0 Å². The van der Waals surface area contributed by atoms with Crippen LogP contribution < -0.4 is 10.6 Å². The molecule has 0 aliphatic carbocycles. The molecule has 2 atom stereocenters. The summed E-state index contributed by atoms with van der Waals surface area (Å²) in [6, 6.07) is 1.30. The van der Waals surface area contributed by atoms with Gasteiger partial charge in [0.25, 0.3) is 0 Å². The molecular formula is C22H50N4. The third-order valence-corrected chi connectivity index (χ3v) is 5.60. The fourth-order valence-electron chi connectivity index (χ4n) is 3.47. The lowest BCUT2D eigenvalue weighted by Crippen LogP contribution is -2.31. The van der Waals surface area contributed by atoms with E-state index in [1.807, 2.05) is 0 Å². The van der Waals surface area contributed by atoms with Crippen molar-refractivity contribution in [1.82, 2.24) is 20.4 Å². The Labute approximate surface area is 165 Å². The zero-order valence-electron chi connectivity index (χ0n) is 18.9. The number of hydrogen-bond acceptors (Lipinski definition) is 4. The standard InChI is InChI=1S/C22H50N4/c1-7-25(8-2)19-13-15-21(5)23-17-11-12-18-24-22(6)16-14-20-26(9-3)10-4/h21-24H,7-20H2,1-6H3. The lowest BCUT2D eigenvalue weighted by Gasteiger charge is -2.20. The van der Waals surface area contributed by atoms with Crippen molar-refractivity contribution >= 4 is 0 Å². The molecule has 0 fully saturated rings. The predicted molar refractivity (Wildman–Crippen MR) is 118 cm³/mol. The largest absolute Gasteiger partial charge is 0.314 e. The summed E-state index contributed by atoms with van der Waals surface area (Å²) >= 11 is 0. The normalized spacial score (nSPS) is 14.3. The third-order valence-electron chi connectivity index (χ3n) is 5.60. The maximum atomic E-state index is 3.69. The molecule has 2 N–H and O–H groups in total. The summed E-state index contributed by atoms with van der Waals surface area (Å²) < 4.78 is 0. The van der Waals surface area contributed by atoms with Gasteiger partial charge in [-0.25, -0.2) is 0 Å². The van der Waals surface area contributed by atoms with Gasteiger partial charge in [0, 0.05) is 12.1 Å². The molecule has 0 saturated carbocycles. The van der Waals surface area contributed by atoms with Gasteiger partial charge >= 0.3 is 0 Å². The Morgan fingerprint density at radius 1 is 0.577 bits per heavy atom. The number of rotatable bonds is 19. The van der Waals surface area contributed by atoms with Gasteiger partial charge in [0.15, 0.2) is 0 Å². The number of nitrogens with one attached hydrogen (secondary N) is 2. The summed E-state index contributed by atoms with van der Waals surface area (Å²) in [4.78, 5) is 5.03. The molecule has 0 aromatic carbocycles. The van der Waals surface area contributed by atoms with Crippen LogP contribution in [0.15, 0.2) is 0 Å². The minimum Gasteiger partial charge on any atom is -0.314 e. The van der Waals surface area contributed by atoms with Crippen LogP contribution in [-0.4, -0.2) is 74.2 Å². The van der Waals surface area contributed by atoms with E-state index in [-0.39, 0.29) is 0 Å². The van der Waals surface area contributed by atoms with Gasteiger partial charge in [0.05, 0.1) is 0 Å². The molecule has 0 heterocycles. The van der Waals surface area contributed by atoms with Crippen molar-refractivity contribution in [1.29, 1.82) is 0 Å². The van der Waals surface area contributed by atoms with Crippen LogP contribution in [0.3, 0.4) is 0 Å². The summed E-state index contributed by atoms with van der Waals surface area (Å²) in [5.74, 6) is 0. The van der Waals surface area contributed by atoms with Crippen molar-refractivity contribution < 1.29 is 0 Å². The zero-order valence-corrected chi connectivity index (χ0v) is 18.9.